The number of hydrogen-bond donors (Lipinski definition) is 1. The average Bonchev–Trinajstić information content (AvgIpc) is 2.46. The van der Waals surface area contributed by atoms with Crippen LogP contribution < -0.4 is 15.4 Å². The van der Waals surface area contributed by atoms with Crippen LogP contribution >= 0.6 is 0 Å². The maximum atomic E-state index is 12.4. The third kappa shape index (κ3) is 2.49. The van der Waals surface area contributed by atoms with Crippen molar-refractivity contribution in [2.24, 2.45) is 0 Å². The minimum atomic E-state index is -0.227. The van der Waals surface area contributed by atoms with Gasteiger partial charge >= 0.3 is 0 Å². The van der Waals surface area contributed by atoms with Crippen molar-refractivity contribution in [2.45, 2.75) is 0 Å². The minimum absolute atomic E-state index is 0.217. The molecule has 0 atom stereocenters. The van der Waals surface area contributed by atoms with E-state index in [0.717, 1.165) is 0 Å². The molecule has 2 aromatic rings. The summed E-state index contributed by atoms with van der Waals surface area (Å²) in [4.78, 5) is 17.8. The number of nitrogens with zero attached hydrogens (tertiary/aromatic N) is 2. The van der Waals surface area contributed by atoms with Crippen molar-refractivity contribution in [3.05, 3.63) is 48.2 Å². The number of hydrogen-bond acceptors (Lipinski definition) is 4. The lowest BCUT2D eigenvalue weighted by atomic mass is 10.2. The first-order valence-electron chi connectivity index (χ1n) is 5.76. The van der Waals surface area contributed by atoms with Gasteiger partial charge in [0.1, 0.15) is 11.6 Å². The summed E-state index contributed by atoms with van der Waals surface area (Å²) in [5, 5.41) is 0. The third-order valence-corrected chi connectivity index (χ3v) is 2.82. The fourth-order valence-corrected chi connectivity index (χ4v) is 1.80. The number of amides is 1. The molecule has 0 saturated carbocycles. The minimum Gasteiger partial charge on any atom is -0.495 e. The second-order valence-corrected chi connectivity index (χ2v) is 3.97. The van der Waals surface area contributed by atoms with E-state index in [-0.39, 0.29) is 11.7 Å². The number of carbonyl (C=O) groups is 1. The highest BCUT2D eigenvalue weighted by molar-refractivity contribution is 6.09. The van der Waals surface area contributed by atoms with Gasteiger partial charge in [-0.05, 0) is 24.3 Å². The molecular formula is C14H15N3O2. The van der Waals surface area contributed by atoms with Crippen molar-refractivity contribution in [3.63, 3.8) is 0 Å². The standard InChI is InChI=1S/C14H15N3O2/c1-17(11-7-3-4-8-12(11)19-2)14(18)10-6-5-9-16-13(10)15/h3-9H,1-2H3,(H2,15,16). The van der Waals surface area contributed by atoms with Crippen molar-refractivity contribution >= 4 is 17.4 Å². The first-order valence-corrected chi connectivity index (χ1v) is 5.76. The summed E-state index contributed by atoms with van der Waals surface area (Å²) in [6, 6.07) is 10.6. The molecule has 0 radical (unpaired) electrons. The molecule has 1 aromatic heterocycles. The van der Waals surface area contributed by atoms with E-state index in [4.69, 9.17) is 10.5 Å². The molecule has 2 N–H and O–H groups in total. The van der Waals surface area contributed by atoms with E-state index < -0.39 is 0 Å². The lowest BCUT2D eigenvalue weighted by molar-refractivity contribution is 0.0993. The number of methoxy groups -OCH3 is 1. The van der Waals surface area contributed by atoms with Gasteiger partial charge in [0, 0.05) is 13.2 Å². The van der Waals surface area contributed by atoms with Crippen LogP contribution in [0.1, 0.15) is 10.4 Å². The van der Waals surface area contributed by atoms with Gasteiger partial charge in [0.25, 0.3) is 5.91 Å². The molecule has 1 heterocycles. The second-order valence-electron chi connectivity index (χ2n) is 3.97. The summed E-state index contributed by atoms with van der Waals surface area (Å²) in [5.74, 6) is 0.616. The SMILES string of the molecule is COc1ccccc1N(C)C(=O)c1cccnc1N. The summed E-state index contributed by atoms with van der Waals surface area (Å²) >= 11 is 0. The molecule has 19 heavy (non-hydrogen) atoms. The number of nitrogens with two attached hydrogens (primary N) is 1. The van der Waals surface area contributed by atoms with Crippen LogP contribution in [0.4, 0.5) is 11.5 Å². The molecule has 0 bridgehead atoms. The number of para-hydroxylation sites is 2. The van der Waals surface area contributed by atoms with E-state index in [0.29, 0.717) is 17.0 Å². The number of aromatic nitrogens is 1. The van der Waals surface area contributed by atoms with Crippen molar-refractivity contribution in [3.8, 4) is 5.75 Å². The van der Waals surface area contributed by atoms with Gasteiger partial charge in [-0.2, -0.15) is 0 Å². The van der Waals surface area contributed by atoms with Crippen LogP contribution in [0, 0.1) is 0 Å². The fraction of sp³-hybridized carbons (Fsp3) is 0.143. The van der Waals surface area contributed by atoms with E-state index in [1.807, 2.05) is 18.2 Å². The molecule has 0 spiro atoms. The monoisotopic (exact) mass is 257 g/mol. The van der Waals surface area contributed by atoms with E-state index in [1.165, 1.54) is 4.90 Å². The second kappa shape index (κ2) is 5.39. The van der Waals surface area contributed by atoms with Crippen molar-refractivity contribution < 1.29 is 9.53 Å². The van der Waals surface area contributed by atoms with Crippen LogP contribution in [0.3, 0.4) is 0 Å². The Morgan fingerprint density at radius 1 is 1.26 bits per heavy atom. The van der Waals surface area contributed by atoms with Gasteiger partial charge in [-0.3, -0.25) is 4.79 Å². The zero-order chi connectivity index (χ0) is 13.8. The summed E-state index contributed by atoms with van der Waals surface area (Å²) in [5.41, 5.74) is 6.77. The Morgan fingerprint density at radius 3 is 2.68 bits per heavy atom. The molecule has 0 unspecified atom stereocenters. The summed E-state index contributed by atoms with van der Waals surface area (Å²) in [6.07, 6.45) is 1.55. The first kappa shape index (κ1) is 12.9. The fourth-order valence-electron chi connectivity index (χ4n) is 1.80. The molecule has 98 valence electrons. The molecule has 0 aliphatic heterocycles. The Bertz CT molecular complexity index is 599. The maximum Gasteiger partial charge on any atom is 0.261 e. The van der Waals surface area contributed by atoms with Gasteiger partial charge in [-0.15, -0.1) is 0 Å². The Morgan fingerprint density at radius 2 is 2.00 bits per heavy atom. The molecular weight excluding hydrogens is 242 g/mol. The quantitative estimate of drug-likeness (QED) is 0.912. The first-order chi connectivity index (χ1) is 9.15. The van der Waals surface area contributed by atoms with E-state index >= 15 is 0 Å². The number of rotatable bonds is 3. The van der Waals surface area contributed by atoms with Crippen LogP contribution in [0.25, 0.3) is 0 Å². The largest absolute Gasteiger partial charge is 0.495 e. The molecule has 5 heteroatoms. The highest BCUT2D eigenvalue weighted by atomic mass is 16.5. The smallest absolute Gasteiger partial charge is 0.261 e. The van der Waals surface area contributed by atoms with Crippen molar-refractivity contribution in [1.82, 2.24) is 4.98 Å². The lowest BCUT2D eigenvalue weighted by Crippen LogP contribution is -2.27. The van der Waals surface area contributed by atoms with Crippen LogP contribution in [-0.4, -0.2) is 25.0 Å². The van der Waals surface area contributed by atoms with Crippen LogP contribution in [0.5, 0.6) is 5.75 Å². The van der Waals surface area contributed by atoms with Gasteiger partial charge in [-0.25, -0.2) is 4.98 Å². The molecule has 5 nitrogen and oxygen atoms in total. The predicted molar refractivity (Wildman–Crippen MR) is 74.4 cm³/mol. The molecule has 0 aliphatic rings. The normalized spacial score (nSPS) is 10.0. The zero-order valence-corrected chi connectivity index (χ0v) is 10.8. The zero-order valence-electron chi connectivity index (χ0n) is 10.8. The molecule has 0 aliphatic carbocycles. The third-order valence-electron chi connectivity index (χ3n) is 2.82. The number of ether oxygens (including phenoxy) is 1. The van der Waals surface area contributed by atoms with Gasteiger partial charge in [0.05, 0.1) is 18.4 Å². The van der Waals surface area contributed by atoms with Crippen LogP contribution in [0.2, 0.25) is 0 Å². The van der Waals surface area contributed by atoms with E-state index in [2.05, 4.69) is 4.98 Å². The van der Waals surface area contributed by atoms with E-state index in [9.17, 15) is 4.79 Å². The highest BCUT2D eigenvalue weighted by Gasteiger charge is 2.18. The summed E-state index contributed by atoms with van der Waals surface area (Å²) in [7, 11) is 3.24. The Labute approximate surface area is 111 Å². The van der Waals surface area contributed by atoms with Gasteiger partial charge in [0.2, 0.25) is 0 Å². The van der Waals surface area contributed by atoms with Gasteiger partial charge < -0.3 is 15.4 Å². The number of benzene rings is 1. The molecule has 1 aromatic carbocycles. The van der Waals surface area contributed by atoms with Gasteiger partial charge in [0.15, 0.2) is 0 Å². The molecule has 1 amide bonds. The average molecular weight is 257 g/mol. The molecule has 0 saturated heterocycles. The van der Waals surface area contributed by atoms with Crippen LogP contribution in [0.15, 0.2) is 42.6 Å². The Balaban J connectivity index is 2.37. The van der Waals surface area contributed by atoms with Crippen molar-refractivity contribution in [2.75, 3.05) is 24.8 Å². The van der Waals surface area contributed by atoms with Crippen LogP contribution in [-0.2, 0) is 0 Å². The van der Waals surface area contributed by atoms with Gasteiger partial charge in [-0.1, -0.05) is 12.1 Å². The number of pyridine rings is 1. The lowest BCUT2D eigenvalue weighted by Gasteiger charge is -2.20. The number of nitrogen functional groups attached to an aromatic ring is 1. The predicted octanol–water partition coefficient (Wildman–Crippen LogP) is 1.95. The Kier molecular flexibility index (Phi) is 3.66. The molecule has 0 fully saturated rings. The van der Waals surface area contributed by atoms with E-state index in [1.54, 1.807) is 38.6 Å². The summed E-state index contributed by atoms with van der Waals surface area (Å²) in [6.45, 7) is 0. The maximum absolute atomic E-state index is 12.4. The Hall–Kier alpha value is -2.56. The topological polar surface area (TPSA) is 68.5 Å². The highest BCUT2D eigenvalue weighted by Crippen LogP contribution is 2.28. The van der Waals surface area contributed by atoms with Crippen molar-refractivity contribution in [1.29, 1.82) is 0 Å². The number of carbonyl (C=O) groups excluding carboxylic acids is 1. The number of anilines is 2. The molecule has 2 rings (SSSR count). The summed E-state index contributed by atoms with van der Waals surface area (Å²) < 4.78 is 5.24.